The lowest BCUT2D eigenvalue weighted by atomic mass is 10.2. The van der Waals surface area contributed by atoms with Crippen molar-refractivity contribution in [3.63, 3.8) is 0 Å². The molecule has 0 spiro atoms. The van der Waals surface area contributed by atoms with E-state index in [0.29, 0.717) is 23.0 Å². The molecule has 2 aromatic carbocycles. The number of nitrogens with one attached hydrogen (secondary N) is 2. The van der Waals surface area contributed by atoms with E-state index in [2.05, 4.69) is 44.7 Å². The van der Waals surface area contributed by atoms with Crippen LogP contribution in [0.3, 0.4) is 0 Å². The molecule has 160 valence electrons. The number of hydrogen-bond donors (Lipinski definition) is 2. The fourth-order valence-corrected chi connectivity index (χ4v) is 3.64. The summed E-state index contributed by atoms with van der Waals surface area (Å²) < 4.78 is 5.07. The van der Waals surface area contributed by atoms with Crippen molar-refractivity contribution in [1.29, 1.82) is 0 Å². The van der Waals surface area contributed by atoms with Crippen LogP contribution in [0.25, 0.3) is 0 Å². The van der Waals surface area contributed by atoms with Crippen molar-refractivity contribution < 1.29 is 14.3 Å². The first-order valence-corrected chi connectivity index (χ1v) is 10.4. The Labute approximate surface area is 181 Å². The zero-order valence-electron chi connectivity index (χ0n) is 17.1. The van der Waals surface area contributed by atoms with Gasteiger partial charge in [-0.05, 0) is 43.3 Å². The van der Waals surface area contributed by atoms with Crippen molar-refractivity contribution in [2.24, 2.45) is 0 Å². The van der Waals surface area contributed by atoms with Crippen LogP contribution in [0.15, 0.2) is 48.5 Å². The third-order valence-corrected chi connectivity index (χ3v) is 5.34. The summed E-state index contributed by atoms with van der Waals surface area (Å²) in [4.78, 5) is 28.8. The van der Waals surface area contributed by atoms with Crippen LogP contribution in [0.4, 0.5) is 11.4 Å². The van der Waals surface area contributed by atoms with Crippen molar-refractivity contribution in [3.05, 3.63) is 53.6 Å². The number of hydrogen-bond acceptors (Lipinski definition) is 5. The monoisotopic (exact) mass is 430 g/mol. The maximum atomic E-state index is 12.0. The van der Waals surface area contributed by atoms with Crippen LogP contribution in [0.5, 0.6) is 5.75 Å². The molecular weight excluding hydrogens is 404 g/mol. The number of carbonyl (C=O) groups is 2. The maximum Gasteiger partial charge on any atom is 0.313 e. The van der Waals surface area contributed by atoms with Gasteiger partial charge in [0.1, 0.15) is 5.75 Å². The molecule has 0 aromatic heterocycles. The molecule has 3 rings (SSSR count). The van der Waals surface area contributed by atoms with Gasteiger partial charge in [0, 0.05) is 44.1 Å². The highest BCUT2D eigenvalue weighted by molar-refractivity contribution is 6.40. The molecule has 0 aliphatic carbocycles. The molecule has 1 fully saturated rings. The fraction of sp³-hybridized carbons (Fsp3) is 0.364. The van der Waals surface area contributed by atoms with Gasteiger partial charge in [-0.1, -0.05) is 29.8 Å². The molecule has 30 heavy (non-hydrogen) atoms. The van der Waals surface area contributed by atoms with Crippen LogP contribution in [-0.2, 0) is 9.59 Å². The summed E-state index contributed by atoms with van der Waals surface area (Å²) in [6, 6.07) is 15.2. The first-order valence-electron chi connectivity index (χ1n) is 10.0. The minimum Gasteiger partial charge on any atom is -0.495 e. The Bertz CT molecular complexity index is 855. The molecule has 1 aliphatic heterocycles. The van der Waals surface area contributed by atoms with E-state index in [1.807, 2.05) is 6.07 Å². The number of benzene rings is 2. The first kappa shape index (κ1) is 21.9. The summed E-state index contributed by atoms with van der Waals surface area (Å²) >= 11 is 6.03. The van der Waals surface area contributed by atoms with Crippen molar-refractivity contribution in [1.82, 2.24) is 10.2 Å². The summed E-state index contributed by atoms with van der Waals surface area (Å²) in [5.74, 6) is -0.868. The predicted molar refractivity (Wildman–Crippen MR) is 119 cm³/mol. The highest BCUT2D eigenvalue weighted by Gasteiger charge is 2.17. The lowest BCUT2D eigenvalue weighted by Gasteiger charge is -2.36. The van der Waals surface area contributed by atoms with E-state index in [-0.39, 0.29) is 0 Å². The van der Waals surface area contributed by atoms with E-state index >= 15 is 0 Å². The summed E-state index contributed by atoms with van der Waals surface area (Å²) in [6.45, 7) is 5.29. The molecule has 1 aliphatic rings. The van der Waals surface area contributed by atoms with E-state index in [1.54, 1.807) is 18.2 Å². The molecule has 0 atom stereocenters. The normalized spacial score (nSPS) is 14.3. The van der Waals surface area contributed by atoms with Gasteiger partial charge < -0.3 is 20.3 Å². The summed E-state index contributed by atoms with van der Waals surface area (Å²) in [6.07, 6.45) is 0.790. The average molecular weight is 431 g/mol. The Balaban J connectivity index is 1.33. The quantitative estimate of drug-likeness (QED) is 0.521. The molecule has 2 N–H and O–H groups in total. The van der Waals surface area contributed by atoms with Crippen LogP contribution in [0.1, 0.15) is 6.42 Å². The van der Waals surface area contributed by atoms with Gasteiger partial charge in [0.15, 0.2) is 0 Å². The number of rotatable bonds is 7. The second kappa shape index (κ2) is 10.8. The number of para-hydroxylation sites is 1. The number of nitrogens with zero attached hydrogens (tertiary/aromatic N) is 2. The third-order valence-electron chi connectivity index (χ3n) is 5.05. The highest BCUT2D eigenvalue weighted by Crippen LogP contribution is 2.27. The molecule has 0 radical (unpaired) electrons. The Kier molecular flexibility index (Phi) is 7.93. The third kappa shape index (κ3) is 6.11. The molecule has 0 bridgehead atoms. The molecule has 8 heteroatoms. The maximum absolute atomic E-state index is 12.0. The highest BCUT2D eigenvalue weighted by atomic mass is 35.5. The SMILES string of the molecule is COc1ccc(NC(=O)C(=O)NCCCN2CCN(c3ccccc3)CC2)cc1Cl. The number of ether oxygens (including phenoxy) is 1. The second-order valence-electron chi connectivity index (χ2n) is 7.08. The van der Waals surface area contributed by atoms with E-state index in [9.17, 15) is 9.59 Å². The van der Waals surface area contributed by atoms with Gasteiger partial charge in [0.2, 0.25) is 0 Å². The lowest BCUT2D eigenvalue weighted by Crippen LogP contribution is -2.47. The molecular formula is C22H27ClN4O3. The number of methoxy groups -OCH3 is 1. The zero-order valence-corrected chi connectivity index (χ0v) is 17.8. The molecule has 7 nitrogen and oxygen atoms in total. The predicted octanol–water partition coefficient (Wildman–Crippen LogP) is 2.62. The topological polar surface area (TPSA) is 73.9 Å². The molecule has 0 saturated carbocycles. The molecule has 1 heterocycles. The van der Waals surface area contributed by atoms with Crippen LogP contribution < -0.4 is 20.3 Å². The Morgan fingerprint density at radius 3 is 2.43 bits per heavy atom. The first-order chi connectivity index (χ1) is 14.6. The van der Waals surface area contributed by atoms with Gasteiger partial charge in [0.05, 0.1) is 12.1 Å². The van der Waals surface area contributed by atoms with Crippen molar-refractivity contribution >= 4 is 34.8 Å². The van der Waals surface area contributed by atoms with Crippen LogP contribution in [0, 0.1) is 0 Å². The number of piperazine rings is 1. The summed E-state index contributed by atoms with van der Waals surface area (Å²) in [5, 5.41) is 5.57. The number of amides is 2. The zero-order chi connectivity index (χ0) is 21.3. The van der Waals surface area contributed by atoms with E-state index in [4.69, 9.17) is 16.3 Å². The van der Waals surface area contributed by atoms with Crippen molar-refractivity contribution in [2.45, 2.75) is 6.42 Å². The van der Waals surface area contributed by atoms with Crippen molar-refractivity contribution in [3.8, 4) is 5.75 Å². The van der Waals surface area contributed by atoms with Gasteiger partial charge in [0.25, 0.3) is 0 Å². The average Bonchev–Trinajstić information content (AvgIpc) is 2.77. The summed E-state index contributed by atoms with van der Waals surface area (Å²) in [5.41, 5.74) is 1.70. The Morgan fingerprint density at radius 1 is 1.03 bits per heavy atom. The molecule has 1 saturated heterocycles. The Morgan fingerprint density at radius 2 is 1.77 bits per heavy atom. The molecule has 2 aromatic rings. The summed E-state index contributed by atoms with van der Waals surface area (Å²) in [7, 11) is 1.51. The van der Waals surface area contributed by atoms with Gasteiger partial charge in [-0.25, -0.2) is 0 Å². The van der Waals surface area contributed by atoms with Crippen LogP contribution in [-0.4, -0.2) is 63.1 Å². The van der Waals surface area contributed by atoms with Gasteiger partial charge >= 0.3 is 11.8 Å². The minimum atomic E-state index is -0.715. The Hall–Kier alpha value is -2.77. The number of carbonyl (C=O) groups excluding carboxylic acids is 2. The smallest absolute Gasteiger partial charge is 0.313 e. The van der Waals surface area contributed by atoms with Crippen LogP contribution in [0.2, 0.25) is 5.02 Å². The number of halogens is 1. The largest absolute Gasteiger partial charge is 0.495 e. The van der Waals surface area contributed by atoms with E-state index in [0.717, 1.165) is 39.1 Å². The van der Waals surface area contributed by atoms with Gasteiger partial charge in [-0.2, -0.15) is 0 Å². The van der Waals surface area contributed by atoms with Crippen molar-refractivity contribution in [2.75, 3.05) is 56.6 Å². The standard InChI is InChI=1S/C22H27ClN4O3/c1-30-20-9-8-17(16-19(20)23)25-22(29)21(28)24-10-5-11-26-12-14-27(15-13-26)18-6-3-2-4-7-18/h2-4,6-9,16H,5,10-15H2,1H3,(H,24,28)(H,25,29). The van der Waals surface area contributed by atoms with E-state index < -0.39 is 11.8 Å². The molecule has 0 unspecified atom stereocenters. The fourth-order valence-electron chi connectivity index (χ4n) is 3.39. The second-order valence-corrected chi connectivity index (χ2v) is 7.48. The number of anilines is 2. The van der Waals surface area contributed by atoms with E-state index in [1.165, 1.54) is 12.8 Å². The van der Waals surface area contributed by atoms with Crippen LogP contribution >= 0.6 is 11.6 Å². The van der Waals surface area contributed by atoms with Gasteiger partial charge in [-0.15, -0.1) is 0 Å². The minimum absolute atomic E-state index is 0.364. The molecule has 2 amide bonds. The lowest BCUT2D eigenvalue weighted by molar-refractivity contribution is -0.136. The van der Waals surface area contributed by atoms with Gasteiger partial charge in [-0.3, -0.25) is 14.5 Å².